The van der Waals surface area contributed by atoms with Crippen LogP contribution < -0.4 is 4.74 Å². The van der Waals surface area contributed by atoms with Gasteiger partial charge in [-0.2, -0.15) is 18.4 Å². The zero-order valence-electron chi connectivity index (χ0n) is 17.6. The van der Waals surface area contributed by atoms with Crippen molar-refractivity contribution >= 4 is 21.4 Å². The molecule has 11 heteroatoms. The number of ether oxygens (including phenoxy) is 1. The Hall–Kier alpha value is -3.49. The van der Waals surface area contributed by atoms with Gasteiger partial charge in [0.25, 0.3) is 0 Å². The van der Waals surface area contributed by atoms with Crippen LogP contribution in [0.3, 0.4) is 0 Å². The maximum Gasteiger partial charge on any atom is 0.423 e. The number of halogens is 3. The van der Waals surface area contributed by atoms with Crippen LogP contribution in [0.25, 0.3) is 21.2 Å². The number of hydrogen-bond donors (Lipinski definition) is 1. The Morgan fingerprint density at radius 2 is 2.03 bits per heavy atom. The molecule has 3 aromatic heterocycles. The van der Waals surface area contributed by atoms with Crippen LogP contribution in [0.5, 0.6) is 5.88 Å². The summed E-state index contributed by atoms with van der Waals surface area (Å²) in [4.78, 5) is 4.73. The first-order valence-corrected chi connectivity index (χ1v) is 10.7. The highest BCUT2D eigenvalue weighted by atomic mass is 32.1. The van der Waals surface area contributed by atoms with Gasteiger partial charge in [-0.15, -0.1) is 16.4 Å². The highest BCUT2D eigenvalue weighted by Gasteiger charge is 2.55. The SMILES string of the molecule is CCC(O)(c1cn(Cc2ccc3c(-c4ccc(OC)nc4)c(C#N)sc3c2)nn1)C(F)(F)F. The number of benzene rings is 1. The van der Waals surface area contributed by atoms with Crippen LogP contribution in [0.1, 0.15) is 29.5 Å². The standard InChI is InChI=1S/C22H18F3N5O2S/c1-3-21(31,22(23,24)25)18-12-30(29-28-18)11-13-4-6-15-16(8-13)33-17(9-26)20(15)14-5-7-19(32-2)27-10-14/h4-8,10,12,31H,3,11H2,1-2H3. The molecular formula is C22H18F3N5O2S. The van der Waals surface area contributed by atoms with Crippen LogP contribution >= 0.6 is 11.3 Å². The van der Waals surface area contributed by atoms with Crippen molar-refractivity contribution in [3.8, 4) is 23.1 Å². The number of aliphatic hydroxyl groups is 1. The predicted molar refractivity (Wildman–Crippen MR) is 116 cm³/mol. The van der Waals surface area contributed by atoms with Crippen LogP contribution in [0.4, 0.5) is 13.2 Å². The molecule has 0 aliphatic carbocycles. The summed E-state index contributed by atoms with van der Waals surface area (Å²) in [6.07, 6.45) is -2.69. The van der Waals surface area contributed by atoms with Gasteiger partial charge in [0.2, 0.25) is 11.5 Å². The molecule has 1 atom stereocenters. The van der Waals surface area contributed by atoms with Gasteiger partial charge in [0.15, 0.2) is 0 Å². The predicted octanol–water partition coefficient (Wildman–Crippen LogP) is 4.64. The van der Waals surface area contributed by atoms with Crippen molar-refractivity contribution in [3.05, 3.63) is 58.9 Å². The molecule has 33 heavy (non-hydrogen) atoms. The van der Waals surface area contributed by atoms with E-state index in [2.05, 4.69) is 21.4 Å². The molecule has 4 aromatic rings. The summed E-state index contributed by atoms with van der Waals surface area (Å²) in [6.45, 7) is 1.39. The summed E-state index contributed by atoms with van der Waals surface area (Å²) < 4.78 is 47.1. The first kappa shape index (κ1) is 22.7. The van der Waals surface area contributed by atoms with E-state index in [1.54, 1.807) is 12.3 Å². The van der Waals surface area contributed by atoms with Crippen molar-refractivity contribution in [2.45, 2.75) is 31.7 Å². The lowest BCUT2D eigenvalue weighted by molar-refractivity contribution is -0.269. The largest absolute Gasteiger partial charge is 0.481 e. The Labute approximate surface area is 190 Å². The van der Waals surface area contributed by atoms with E-state index < -0.39 is 23.9 Å². The van der Waals surface area contributed by atoms with Crippen molar-refractivity contribution in [1.82, 2.24) is 20.0 Å². The van der Waals surface area contributed by atoms with E-state index in [4.69, 9.17) is 4.74 Å². The molecule has 0 aliphatic heterocycles. The lowest BCUT2D eigenvalue weighted by Gasteiger charge is -2.26. The summed E-state index contributed by atoms with van der Waals surface area (Å²) in [7, 11) is 1.52. The van der Waals surface area contributed by atoms with Crippen LogP contribution in [-0.4, -0.2) is 38.4 Å². The van der Waals surface area contributed by atoms with Crippen molar-refractivity contribution in [1.29, 1.82) is 5.26 Å². The quantitative estimate of drug-likeness (QED) is 0.438. The summed E-state index contributed by atoms with van der Waals surface area (Å²) in [6, 6.07) is 11.3. The Morgan fingerprint density at radius 3 is 2.64 bits per heavy atom. The third-order valence-electron chi connectivity index (χ3n) is 5.38. The van der Waals surface area contributed by atoms with Crippen molar-refractivity contribution < 1.29 is 23.0 Å². The molecule has 1 N–H and O–H groups in total. The Bertz CT molecular complexity index is 1340. The molecule has 0 aliphatic rings. The minimum Gasteiger partial charge on any atom is -0.481 e. The minimum absolute atomic E-state index is 0.153. The lowest BCUT2D eigenvalue weighted by Crippen LogP contribution is -2.42. The molecule has 0 radical (unpaired) electrons. The maximum absolute atomic E-state index is 13.3. The second-order valence-corrected chi connectivity index (χ2v) is 8.40. The molecule has 0 saturated carbocycles. The van der Waals surface area contributed by atoms with E-state index >= 15 is 0 Å². The molecule has 1 aromatic carbocycles. The van der Waals surface area contributed by atoms with E-state index in [0.29, 0.717) is 10.8 Å². The van der Waals surface area contributed by atoms with Gasteiger partial charge >= 0.3 is 6.18 Å². The third-order valence-corrected chi connectivity index (χ3v) is 6.43. The first-order valence-electron chi connectivity index (χ1n) is 9.85. The lowest BCUT2D eigenvalue weighted by atomic mass is 9.96. The van der Waals surface area contributed by atoms with E-state index in [1.165, 1.54) is 30.1 Å². The average Bonchev–Trinajstić information content (AvgIpc) is 3.42. The number of hydrogen-bond acceptors (Lipinski definition) is 7. The number of pyridine rings is 1. The number of nitrogens with zero attached hydrogens (tertiary/aromatic N) is 5. The van der Waals surface area contributed by atoms with Crippen LogP contribution in [0.2, 0.25) is 0 Å². The van der Waals surface area contributed by atoms with Gasteiger partial charge in [0.1, 0.15) is 16.6 Å². The van der Waals surface area contributed by atoms with Gasteiger partial charge < -0.3 is 9.84 Å². The van der Waals surface area contributed by atoms with Gasteiger partial charge in [-0.3, -0.25) is 0 Å². The highest BCUT2D eigenvalue weighted by molar-refractivity contribution is 7.20. The topological polar surface area (TPSA) is 96.8 Å². The maximum atomic E-state index is 13.3. The van der Waals surface area contributed by atoms with Crippen molar-refractivity contribution in [2.24, 2.45) is 0 Å². The molecule has 4 rings (SSSR count). The fourth-order valence-electron chi connectivity index (χ4n) is 3.53. The molecule has 0 bridgehead atoms. The smallest absolute Gasteiger partial charge is 0.423 e. The van der Waals surface area contributed by atoms with Crippen LogP contribution in [0, 0.1) is 11.3 Å². The highest BCUT2D eigenvalue weighted by Crippen LogP contribution is 2.41. The number of alkyl halides is 3. The fraction of sp³-hybridized carbons (Fsp3) is 0.273. The number of nitriles is 1. The Kier molecular flexibility index (Phi) is 5.82. The second-order valence-electron chi connectivity index (χ2n) is 7.35. The zero-order chi connectivity index (χ0) is 23.8. The summed E-state index contributed by atoms with van der Waals surface area (Å²) in [5.74, 6) is 0.465. The molecule has 170 valence electrons. The molecule has 0 amide bonds. The summed E-state index contributed by atoms with van der Waals surface area (Å²) >= 11 is 1.32. The average molecular weight is 473 g/mol. The first-order chi connectivity index (χ1) is 15.7. The van der Waals surface area contributed by atoms with Crippen molar-refractivity contribution in [3.63, 3.8) is 0 Å². The normalized spacial score (nSPS) is 13.6. The van der Waals surface area contributed by atoms with Crippen LogP contribution in [-0.2, 0) is 12.1 Å². The van der Waals surface area contributed by atoms with Crippen LogP contribution in [0.15, 0.2) is 42.7 Å². The molecule has 3 heterocycles. The zero-order valence-corrected chi connectivity index (χ0v) is 18.4. The molecule has 7 nitrogen and oxygen atoms in total. The molecule has 0 spiro atoms. The molecular weight excluding hydrogens is 455 g/mol. The van der Waals surface area contributed by atoms with Gasteiger partial charge in [-0.25, -0.2) is 9.67 Å². The van der Waals surface area contributed by atoms with Gasteiger partial charge in [0, 0.05) is 33.5 Å². The number of rotatable bonds is 6. The van der Waals surface area contributed by atoms with E-state index in [1.807, 2.05) is 24.3 Å². The minimum atomic E-state index is -4.86. The second kappa shape index (κ2) is 8.46. The third kappa shape index (κ3) is 4.03. The van der Waals surface area contributed by atoms with Crippen molar-refractivity contribution in [2.75, 3.05) is 7.11 Å². The Balaban J connectivity index is 1.66. The summed E-state index contributed by atoms with van der Waals surface area (Å²) in [5, 5.41) is 27.9. The van der Waals surface area contributed by atoms with E-state index in [9.17, 15) is 23.5 Å². The van der Waals surface area contributed by atoms with Gasteiger partial charge in [-0.05, 0) is 24.1 Å². The molecule has 0 fully saturated rings. The molecule has 1 unspecified atom stereocenters. The monoisotopic (exact) mass is 473 g/mol. The number of aromatic nitrogens is 4. The fourth-order valence-corrected chi connectivity index (χ4v) is 4.62. The number of thiophene rings is 1. The number of fused-ring (bicyclic) bond motifs is 1. The summed E-state index contributed by atoms with van der Waals surface area (Å²) in [5.41, 5.74) is -1.29. The van der Waals surface area contributed by atoms with Gasteiger partial charge in [-0.1, -0.05) is 24.3 Å². The Morgan fingerprint density at radius 1 is 1.24 bits per heavy atom. The molecule has 0 saturated heterocycles. The van der Waals surface area contributed by atoms with E-state index in [0.717, 1.165) is 33.0 Å². The van der Waals surface area contributed by atoms with E-state index in [-0.39, 0.29) is 6.54 Å². The van der Waals surface area contributed by atoms with Gasteiger partial charge in [0.05, 0.1) is 19.9 Å². The number of methoxy groups -OCH3 is 1.